The molecule has 0 aliphatic rings. The van der Waals surface area contributed by atoms with Gasteiger partial charge < -0.3 is 33.8 Å². The minimum absolute atomic E-state index is 0.103. The van der Waals surface area contributed by atoms with Crippen LogP contribution in [0.4, 0.5) is 0 Å². The fraction of sp³-hybridized carbons (Fsp3) is 0.942. The predicted octanol–water partition coefficient (Wildman–Crippen LogP) is 19.3. The molecule has 0 aliphatic heterocycles. The molecule has 522 valence electrons. The van der Waals surface area contributed by atoms with Crippen LogP contribution in [0.1, 0.15) is 338 Å². The second-order valence-corrected chi connectivity index (χ2v) is 29.5. The van der Waals surface area contributed by atoms with Crippen molar-refractivity contribution in [2.75, 3.05) is 39.6 Å². The molecule has 0 heterocycles. The monoisotopic (exact) mass is 1300 g/mol. The van der Waals surface area contributed by atoms with Crippen LogP contribution in [0.2, 0.25) is 0 Å². The summed E-state index contributed by atoms with van der Waals surface area (Å²) in [5, 5.41) is 10.6. The van der Waals surface area contributed by atoms with Crippen LogP contribution in [0.5, 0.6) is 0 Å². The summed E-state index contributed by atoms with van der Waals surface area (Å²) < 4.78 is 68.2. The Morgan fingerprint density at radius 3 is 0.807 bits per heavy atom. The smallest absolute Gasteiger partial charge is 0.462 e. The molecule has 0 rings (SSSR count). The summed E-state index contributed by atoms with van der Waals surface area (Å²) >= 11 is 0. The number of unbranched alkanes of at least 4 members (excludes halogenated alkanes) is 31. The Morgan fingerprint density at radius 2 is 0.545 bits per heavy atom. The van der Waals surface area contributed by atoms with E-state index in [1.165, 1.54) is 135 Å². The van der Waals surface area contributed by atoms with Crippen LogP contribution in [-0.2, 0) is 65.4 Å². The van der Waals surface area contributed by atoms with E-state index in [2.05, 4.69) is 55.4 Å². The normalized spacial score (nSPS) is 14.6. The molecule has 0 aromatic carbocycles. The number of ether oxygens (including phenoxy) is 4. The molecule has 0 aromatic rings. The van der Waals surface area contributed by atoms with Gasteiger partial charge >= 0.3 is 39.5 Å². The molecule has 0 aliphatic carbocycles. The Labute approximate surface area is 537 Å². The second-order valence-electron chi connectivity index (χ2n) is 26.6. The van der Waals surface area contributed by atoms with Crippen LogP contribution in [-0.4, -0.2) is 96.7 Å². The van der Waals surface area contributed by atoms with Gasteiger partial charge in [0.05, 0.1) is 26.4 Å². The van der Waals surface area contributed by atoms with Crippen molar-refractivity contribution in [3.05, 3.63) is 0 Å². The lowest BCUT2D eigenvalue weighted by Gasteiger charge is -2.21. The topological polar surface area (TPSA) is 237 Å². The van der Waals surface area contributed by atoms with Gasteiger partial charge in [0.1, 0.15) is 19.3 Å². The molecule has 0 amide bonds. The number of carbonyl (C=O) groups excluding carboxylic acids is 4. The van der Waals surface area contributed by atoms with Crippen LogP contribution in [0.3, 0.4) is 0 Å². The van der Waals surface area contributed by atoms with Gasteiger partial charge in [-0.25, -0.2) is 9.13 Å². The summed E-state index contributed by atoms with van der Waals surface area (Å²) in [6.45, 7) is 14.1. The van der Waals surface area contributed by atoms with Crippen molar-refractivity contribution in [2.45, 2.75) is 356 Å². The van der Waals surface area contributed by atoms with Gasteiger partial charge in [0, 0.05) is 25.7 Å². The highest BCUT2D eigenvalue weighted by atomic mass is 31.2. The van der Waals surface area contributed by atoms with Crippen molar-refractivity contribution in [1.29, 1.82) is 0 Å². The standard InChI is InChI=1S/C69H134O17P2/c1-9-62(8)48-40-32-24-17-19-27-36-44-52-69(74)86-64(55-79-66(71)49-41-33-25-15-13-11-10-12-14-21-29-37-45-59(2)3)57-83-87(75,76)81-53-63(70)54-82-88(77,78)84-58-65(56-80-67(72)50-42-34-28-20-23-31-39-47-61(6)7)85-68(73)51-43-35-26-18-16-22-30-38-46-60(4)5/h59-65,70H,9-58H2,1-8H3,(H,75,76)(H,77,78)/t62?,63?,64-,65-/m1/s1. The van der Waals surface area contributed by atoms with E-state index in [-0.39, 0.29) is 25.7 Å². The molecule has 0 saturated carbocycles. The number of aliphatic hydroxyl groups is 1. The van der Waals surface area contributed by atoms with Crippen molar-refractivity contribution in [2.24, 2.45) is 23.7 Å². The Balaban J connectivity index is 5.25. The maximum atomic E-state index is 13.0. The quantitative estimate of drug-likeness (QED) is 0.0222. The number of phosphoric acid groups is 2. The first-order valence-electron chi connectivity index (χ1n) is 35.7. The molecule has 19 heteroatoms. The minimum atomic E-state index is -4.95. The third-order valence-corrected chi connectivity index (χ3v) is 18.1. The Hall–Kier alpha value is -1.94. The predicted molar refractivity (Wildman–Crippen MR) is 354 cm³/mol. The third kappa shape index (κ3) is 61.6. The third-order valence-electron chi connectivity index (χ3n) is 16.2. The highest BCUT2D eigenvalue weighted by Gasteiger charge is 2.30. The number of hydrogen-bond donors (Lipinski definition) is 3. The first kappa shape index (κ1) is 86.1. The lowest BCUT2D eigenvalue weighted by atomic mass is 9.99. The number of esters is 4. The minimum Gasteiger partial charge on any atom is -0.462 e. The van der Waals surface area contributed by atoms with Gasteiger partial charge in [-0.3, -0.25) is 37.3 Å². The SMILES string of the molecule is CCC(C)CCCCCCCCCCC(=O)O[C@H](COC(=O)CCCCCCCCCCCCCCC(C)C)COP(=O)(O)OCC(O)COP(=O)(O)OC[C@@H](COC(=O)CCCCCCCCCC(C)C)OC(=O)CCCCCCCCCCC(C)C. The summed E-state index contributed by atoms with van der Waals surface area (Å²) in [5.41, 5.74) is 0. The van der Waals surface area contributed by atoms with Gasteiger partial charge in [-0.15, -0.1) is 0 Å². The molecule has 0 bridgehead atoms. The number of hydrogen-bond acceptors (Lipinski definition) is 15. The summed E-state index contributed by atoms with van der Waals surface area (Å²) in [6.07, 6.45) is 40.4. The fourth-order valence-corrected chi connectivity index (χ4v) is 11.9. The second kappa shape index (κ2) is 58.8. The summed E-state index contributed by atoms with van der Waals surface area (Å²) in [7, 11) is -9.90. The number of rotatable bonds is 66. The first-order chi connectivity index (χ1) is 42.1. The summed E-state index contributed by atoms with van der Waals surface area (Å²) in [6, 6.07) is 0. The Morgan fingerprint density at radius 1 is 0.318 bits per heavy atom. The van der Waals surface area contributed by atoms with E-state index in [1.54, 1.807) is 0 Å². The Bertz CT molecular complexity index is 1750. The van der Waals surface area contributed by atoms with E-state index >= 15 is 0 Å². The van der Waals surface area contributed by atoms with Crippen molar-refractivity contribution >= 4 is 39.5 Å². The van der Waals surface area contributed by atoms with Crippen molar-refractivity contribution in [3.63, 3.8) is 0 Å². The number of carbonyl (C=O) groups is 4. The zero-order valence-electron chi connectivity index (χ0n) is 57.3. The summed E-state index contributed by atoms with van der Waals surface area (Å²) in [4.78, 5) is 72.5. The first-order valence-corrected chi connectivity index (χ1v) is 38.7. The van der Waals surface area contributed by atoms with E-state index in [4.69, 9.17) is 37.0 Å². The lowest BCUT2D eigenvalue weighted by Crippen LogP contribution is -2.30. The maximum absolute atomic E-state index is 13.0. The van der Waals surface area contributed by atoms with Gasteiger partial charge in [-0.1, -0.05) is 287 Å². The zero-order valence-corrected chi connectivity index (χ0v) is 59.1. The molecule has 0 spiro atoms. The average Bonchev–Trinajstić information content (AvgIpc) is 3.55. The van der Waals surface area contributed by atoms with E-state index in [0.29, 0.717) is 31.6 Å². The van der Waals surface area contributed by atoms with Gasteiger partial charge in [0.25, 0.3) is 0 Å². The molecular weight excluding hydrogens is 1160 g/mol. The molecule has 3 N–H and O–H groups in total. The molecule has 6 atom stereocenters. The molecular formula is C69H134O17P2. The number of phosphoric ester groups is 2. The van der Waals surface area contributed by atoms with Crippen LogP contribution < -0.4 is 0 Å². The lowest BCUT2D eigenvalue weighted by molar-refractivity contribution is -0.161. The molecule has 0 saturated heterocycles. The highest BCUT2D eigenvalue weighted by Crippen LogP contribution is 2.45. The fourth-order valence-electron chi connectivity index (χ4n) is 10.3. The van der Waals surface area contributed by atoms with Crippen LogP contribution >= 0.6 is 15.6 Å². The van der Waals surface area contributed by atoms with Crippen molar-refractivity contribution in [3.8, 4) is 0 Å². The van der Waals surface area contributed by atoms with Crippen LogP contribution in [0.25, 0.3) is 0 Å². The van der Waals surface area contributed by atoms with E-state index in [9.17, 15) is 43.2 Å². The number of aliphatic hydroxyl groups excluding tert-OH is 1. The molecule has 17 nitrogen and oxygen atoms in total. The molecule has 88 heavy (non-hydrogen) atoms. The molecule has 0 radical (unpaired) electrons. The summed E-state index contributed by atoms with van der Waals surface area (Å²) in [5.74, 6) is 0.841. The van der Waals surface area contributed by atoms with Gasteiger partial charge in [-0.05, 0) is 49.4 Å². The zero-order chi connectivity index (χ0) is 65.4. The van der Waals surface area contributed by atoms with E-state index in [0.717, 1.165) is 114 Å². The van der Waals surface area contributed by atoms with E-state index < -0.39 is 97.5 Å². The van der Waals surface area contributed by atoms with Gasteiger partial charge in [0.15, 0.2) is 12.2 Å². The molecule has 0 fully saturated rings. The average molecular weight is 1300 g/mol. The highest BCUT2D eigenvalue weighted by molar-refractivity contribution is 7.47. The van der Waals surface area contributed by atoms with Crippen molar-refractivity contribution in [1.82, 2.24) is 0 Å². The van der Waals surface area contributed by atoms with Crippen molar-refractivity contribution < 1.29 is 80.2 Å². The van der Waals surface area contributed by atoms with Gasteiger partial charge in [0.2, 0.25) is 0 Å². The Kier molecular flexibility index (Phi) is 57.6. The van der Waals surface area contributed by atoms with Gasteiger partial charge in [-0.2, -0.15) is 0 Å². The van der Waals surface area contributed by atoms with Crippen LogP contribution in [0.15, 0.2) is 0 Å². The van der Waals surface area contributed by atoms with E-state index in [1.807, 2.05) is 0 Å². The largest absolute Gasteiger partial charge is 0.472 e. The molecule has 4 unspecified atom stereocenters. The molecule has 0 aromatic heterocycles. The maximum Gasteiger partial charge on any atom is 0.472 e. The van der Waals surface area contributed by atoms with Crippen LogP contribution in [0, 0.1) is 23.7 Å².